The van der Waals surface area contributed by atoms with Crippen molar-refractivity contribution in [1.82, 2.24) is 10.2 Å². The minimum absolute atomic E-state index is 0.0146. The van der Waals surface area contributed by atoms with Gasteiger partial charge in [0.25, 0.3) is 0 Å². The third-order valence-corrected chi connectivity index (χ3v) is 5.04. The van der Waals surface area contributed by atoms with E-state index >= 15 is 0 Å². The van der Waals surface area contributed by atoms with Crippen LogP contribution in [0, 0.1) is 5.92 Å². The fraction of sp³-hybridized carbons (Fsp3) is 0.867. The first-order chi connectivity index (χ1) is 9.66. The molecule has 1 aliphatic carbocycles. The van der Waals surface area contributed by atoms with Crippen LogP contribution in [0.2, 0.25) is 0 Å². The number of nitrogens with zero attached hydrogens (tertiary/aromatic N) is 1. The topological polar surface area (TPSA) is 58.6 Å². The molecule has 3 unspecified atom stereocenters. The second-order valence-corrected chi connectivity index (χ2v) is 6.34. The van der Waals surface area contributed by atoms with Crippen LogP contribution in [0.25, 0.3) is 0 Å². The molecule has 1 N–H and O–H groups in total. The van der Waals surface area contributed by atoms with Gasteiger partial charge >= 0.3 is 0 Å². The van der Waals surface area contributed by atoms with E-state index in [4.69, 9.17) is 4.74 Å². The third-order valence-electron chi connectivity index (χ3n) is 5.04. The molecule has 2 amide bonds. The van der Waals surface area contributed by atoms with Crippen LogP contribution >= 0.6 is 0 Å². The molecule has 0 bridgehead atoms. The van der Waals surface area contributed by atoms with Gasteiger partial charge < -0.3 is 15.0 Å². The maximum atomic E-state index is 12.8. The molecule has 0 aromatic heterocycles. The summed E-state index contributed by atoms with van der Waals surface area (Å²) >= 11 is 0. The molecule has 2 aliphatic heterocycles. The second kappa shape index (κ2) is 5.72. The highest BCUT2D eigenvalue weighted by molar-refractivity contribution is 5.95. The minimum Gasteiger partial charge on any atom is -0.376 e. The lowest BCUT2D eigenvalue weighted by Gasteiger charge is -2.41. The van der Waals surface area contributed by atoms with Crippen molar-refractivity contribution < 1.29 is 14.3 Å². The molecule has 0 spiro atoms. The van der Waals surface area contributed by atoms with Gasteiger partial charge in [0.05, 0.1) is 12.1 Å². The Morgan fingerprint density at radius 2 is 1.90 bits per heavy atom. The highest BCUT2D eigenvalue weighted by Gasteiger charge is 2.43. The van der Waals surface area contributed by atoms with E-state index in [1.54, 1.807) is 4.90 Å². The van der Waals surface area contributed by atoms with Gasteiger partial charge in [0.1, 0.15) is 12.6 Å². The van der Waals surface area contributed by atoms with E-state index in [1.165, 1.54) is 19.3 Å². The molecule has 112 valence electrons. The molecule has 1 saturated carbocycles. The molecule has 0 aromatic carbocycles. The summed E-state index contributed by atoms with van der Waals surface area (Å²) in [6.45, 7) is 2.87. The summed E-state index contributed by atoms with van der Waals surface area (Å²) < 4.78 is 5.56. The van der Waals surface area contributed by atoms with Gasteiger partial charge in [-0.05, 0) is 32.1 Å². The van der Waals surface area contributed by atoms with E-state index in [0.29, 0.717) is 12.5 Å². The quantitative estimate of drug-likeness (QED) is 0.823. The van der Waals surface area contributed by atoms with Crippen molar-refractivity contribution in [2.45, 2.75) is 63.6 Å². The Bertz CT molecular complexity index is 393. The van der Waals surface area contributed by atoms with Crippen molar-refractivity contribution >= 4 is 11.8 Å². The maximum absolute atomic E-state index is 12.8. The van der Waals surface area contributed by atoms with Gasteiger partial charge in [-0.15, -0.1) is 0 Å². The Kier molecular flexibility index (Phi) is 3.96. The highest BCUT2D eigenvalue weighted by Crippen LogP contribution is 2.30. The van der Waals surface area contributed by atoms with E-state index in [-0.39, 0.29) is 36.5 Å². The predicted molar refractivity (Wildman–Crippen MR) is 74.0 cm³/mol. The van der Waals surface area contributed by atoms with Crippen molar-refractivity contribution in [1.29, 1.82) is 0 Å². The van der Waals surface area contributed by atoms with Crippen LogP contribution < -0.4 is 5.32 Å². The second-order valence-electron chi connectivity index (χ2n) is 6.34. The fourth-order valence-electron chi connectivity index (χ4n) is 3.89. The van der Waals surface area contributed by atoms with Gasteiger partial charge in [-0.2, -0.15) is 0 Å². The normalized spacial score (nSPS) is 36.2. The van der Waals surface area contributed by atoms with Crippen LogP contribution in [0.5, 0.6) is 0 Å². The van der Waals surface area contributed by atoms with Gasteiger partial charge in [0.15, 0.2) is 0 Å². The molecule has 3 atom stereocenters. The number of ether oxygens (including phenoxy) is 1. The van der Waals surface area contributed by atoms with Crippen LogP contribution in [0.1, 0.15) is 45.4 Å². The van der Waals surface area contributed by atoms with E-state index in [1.807, 2.05) is 6.92 Å². The van der Waals surface area contributed by atoms with Crippen LogP contribution in [0.4, 0.5) is 0 Å². The summed E-state index contributed by atoms with van der Waals surface area (Å²) in [6, 6.07) is -0.232. The molecular formula is C15H24N2O3. The Morgan fingerprint density at radius 3 is 2.55 bits per heavy atom. The van der Waals surface area contributed by atoms with Crippen molar-refractivity contribution in [3.63, 3.8) is 0 Å². The Morgan fingerprint density at radius 1 is 1.15 bits per heavy atom. The monoisotopic (exact) mass is 280 g/mol. The number of carbonyl (C=O) groups is 2. The molecule has 20 heavy (non-hydrogen) atoms. The van der Waals surface area contributed by atoms with Gasteiger partial charge in [-0.1, -0.05) is 19.3 Å². The zero-order valence-corrected chi connectivity index (χ0v) is 12.1. The molecule has 5 nitrogen and oxygen atoms in total. The summed E-state index contributed by atoms with van der Waals surface area (Å²) in [5, 5.41) is 2.93. The van der Waals surface area contributed by atoms with Crippen LogP contribution in [-0.4, -0.2) is 48.1 Å². The molecule has 3 aliphatic rings. The van der Waals surface area contributed by atoms with Crippen molar-refractivity contribution in [2.24, 2.45) is 5.92 Å². The smallest absolute Gasteiger partial charge is 0.246 e. The third kappa shape index (κ3) is 2.55. The molecule has 3 fully saturated rings. The van der Waals surface area contributed by atoms with Gasteiger partial charge in [-0.3, -0.25) is 9.59 Å². The molecule has 3 rings (SSSR count). The molecule has 0 radical (unpaired) electrons. The van der Waals surface area contributed by atoms with Crippen LogP contribution in [-0.2, 0) is 14.3 Å². The number of carbonyl (C=O) groups excluding carboxylic acids is 2. The van der Waals surface area contributed by atoms with E-state index < -0.39 is 0 Å². The van der Waals surface area contributed by atoms with Gasteiger partial charge in [-0.25, -0.2) is 0 Å². The average Bonchev–Trinajstić information content (AvgIpc) is 2.88. The zero-order valence-electron chi connectivity index (χ0n) is 12.1. The maximum Gasteiger partial charge on any atom is 0.246 e. The Labute approximate surface area is 120 Å². The summed E-state index contributed by atoms with van der Waals surface area (Å²) in [4.78, 5) is 26.5. The number of amides is 2. The number of rotatable bonds is 2. The predicted octanol–water partition coefficient (Wildman–Crippen LogP) is 1.07. The summed E-state index contributed by atoms with van der Waals surface area (Å²) in [7, 11) is 0. The van der Waals surface area contributed by atoms with Crippen molar-refractivity contribution in [2.75, 3.05) is 13.2 Å². The van der Waals surface area contributed by atoms with Crippen LogP contribution in [0.3, 0.4) is 0 Å². The number of hydrogen-bond donors (Lipinski definition) is 1. The summed E-state index contributed by atoms with van der Waals surface area (Å²) in [5.74, 6) is 0.416. The van der Waals surface area contributed by atoms with Gasteiger partial charge in [0.2, 0.25) is 11.8 Å². The largest absolute Gasteiger partial charge is 0.376 e. The number of nitrogens with one attached hydrogen (secondary N) is 1. The Balaban J connectivity index is 1.74. The Hall–Kier alpha value is -1.10. The number of hydrogen-bond acceptors (Lipinski definition) is 3. The molecular weight excluding hydrogens is 256 g/mol. The van der Waals surface area contributed by atoms with Crippen molar-refractivity contribution in [3.8, 4) is 0 Å². The minimum atomic E-state index is -0.302. The average molecular weight is 280 g/mol. The summed E-state index contributed by atoms with van der Waals surface area (Å²) in [6.07, 6.45) is 6.60. The molecule has 5 heteroatoms. The lowest BCUT2D eigenvalue weighted by atomic mass is 9.82. The SMILES string of the molecule is CC1OCCC1N1CC(=O)NC(C2CCCCC2)C1=O. The van der Waals surface area contributed by atoms with Crippen LogP contribution in [0.15, 0.2) is 0 Å². The lowest BCUT2D eigenvalue weighted by molar-refractivity contribution is -0.149. The van der Waals surface area contributed by atoms with E-state index in [9.17, 15) is 9.59 Å². The van der Waals surface area contributed by atoms with E-state index in [2.05, 4.69) is 5.32 Å². The molecule has 2 heterocycles. The molecule has 0 aromatic rings. The lowest BCUT2D eigenvalue weighted by Crippen LogP contribution is -2.63. The highest BCUT2D eigenvalue weighted by atomic mass is 16.5. The standard InChI is InChI=1S/C15H24N2O3/c1-10-12(7-8-20-10)17-9-13(18)16-14(15(17)19)11-5-3-2-4-6-11/h10-12,14H,2-9H2,1H3,(H,16,18). The van der Waals surface area contributed by atoms with Crippen molar-refractivity contribution in [3.05, 3.63) is 0 Å². The zero-order chi connectivity index (χ0) is 14.1. The molecule has 2 saturated heterocycles. The first-order valence-electron chi connectivity index (χ1n) is 7.88. The first kappa shape index (κ1) is 13.9. The van der Waals surface area contributed by atoms with E-state index in [0.717, 1.165) is 19.3 Å². The summed E-state index contributed by atoms with van der Waals surface area (Å²) in [5.41, 5.74) is 0. The fourth-order valence-corrected chi connectivity index (χ4v) is 3.89. The first-order valence-corrected chi connectivity index (χ1v) is 7.88. The van der Waals surface area contributed by atoms with Gasteiger partial charge in [0, 0.05) is 6.61 Å². The number of piperazine rings is 1.